The monoisotopic (exact) mass is 326 g/mol. The molecule has 2 rings (SSSR count). The molecule has 0 amide bonds. The summed E-state index contributed by atoms with van der Waals surface area (Å²) in [5, 5.41) is 11.3. The van der Waals surface area contributed by atoms with Crippen LogP contribution in [0.5, 0.6) is 0 Å². The third-order valence-electron chi connectivity index (χ3n) is 2.99. The van der Waals surface area contributed by atoms with Gasteiger partial charge in [-0.3, -0.25) is 0 Å². The summed E-state index contributed by atoms with van der Waals surface area (Å²) < 4.78 is 0. The molecule has 2 aromatic carbocycles. The molecule has 0 saturated heterocycles. The van der Waals surface area contributed by atoms with Gasteiger partial charge >= 0.3 is 0 Å². The molecule has 0 radical (unpaired) electrons. The Hall–Kier alpha value is -0.670. The molecule has 1 atom stereocenters. The van der Waals surface area contributed by atoms with Gasteiger partial charge in [0.05, 0.1) is 16.1 Å². The summed E-state index contributed by atoms with van der Waals surface area (Å²) in [6, 6.07) is 13.5. The number of hydrogen-bond acceptors (Lipinski definition) is 2. The Kier molecular flexibility index (Phi) is 5.79. The van der Waals surface area contributed by atoms with Crippen molar-refractivity contribution in [2.75, 3.05) is 5.75 Å². The van der Waals surface area contributed by atoms with E-state index in [1.807, 2.05) is 30.3 Å². The van der Waals surface area contributed by atoms with Crippen LogP contribution in [0, 0.1) is 0 Å². The fraction of sp³-hybridized carbons (Fsp3) is 0.250. The van der Waals surface area contributed by atoms with Crippen molar-refractivity contribution >= 4 is 35.0 Å². The average molecular weight is 327 g/mol. The van der Waals surface area contributed by atoms with Crippen molar-refractivity contribution in [2.45, 2.75) is 24.3 Å². The number of hydrogen-bond donors (Lipinski definition) is 1. The number of benzene rings is 2. The number of halogens is 2. The maximum atomic E-state index is 10.3. The summed E-state index contributed by atoms with van der Waals surface area (Å²) in [5.74, 6) is 1.05. The fourth-order valence-electron chi connectivity index (χ4n) is 1.96. The molecule has 20 heavy (non-hydrogen) atoms. The number of aliphatic hydroxyl groups excluding tert-OH is 1. The first kappa shape index (κ1) is 15.7. The second-order valence-corrected chi connectivity index (χ2v) is 6.62. The van der Waals surface area contributed by atoms with Gasteiger partial charge in [-0.05, 0) is 41.1 Å². The van der Waals surface area contributed by atoms with Crippen molar-refractivity contribution in [3.8, 4) is 0 Å². The highest BCUT2D eigenvalue weighted by molar-refractivity contribution is 7.99. The van der Waals surface area contributed by atoms with Crippen molar-refractivity contribution < 1.29 is 5.11 Å². The molecule has 106 valence electrons. The Morgan fingerprint density at radius 3 is 2.35 bits per heavy atom. The van der Waals surface area contributed by atoms with Gasteiger partial charge in [0.2, 0.25) is 0 Å². The van der Waals surface area contributed by atoms with Crippen molar-refractivity contribution in [1.82, 2.24) is 0 Å². The van der Waals surface area contributed by atoms with Crippen LogP contribution < -0.4 is 0 Å². The van der Waals surface area contributed by atoms with E-state index in [2.05, 4.69) is 6.92 Å². The zero-order valence-electron chi connectivity index (χ0n) is 11.1. The summed E-state index contributed by atoms with van der Waals surface area (Å²) in [6.07, 6.45) is -0.00938. The fourth-order valence-corrected chi connectivity index (χ4v) is 2.94. The molecule has 0 spiro atoms. The lowest BCUT2D eigenvalue weighted by atomic mass is 10.0. The van der Waals surface area contributed by atoms with Crippen LogP contribution in [0.2, 0.25) is 10.0 Å². The van der Waals surface area contributed by atoms with Crippen LogP contribution in [-0.2, 0) is 6.42 Å². The minimum atomic E-state index is -0.534. The van der Waals surface area contributed by atoms with Gasteiger partial charge in [0, 0.05) is 11.3 Å². The largest absolute Gasteiger partial charge is 0.388 e. The molecule has 0 aliphatic rings. The minimum Gasteiger partial charge on any atom is -0.388 e. The number of thioether (sulfide) groups is 1. The number of aliphatic hydroxyl groups is 1. The second-order valence-electron chi connectivity index (χ2n) is 4.47. The first-order chi connectivity index (χ1) is 9.60. The Labute approximate surface area is 133 Å². The highest BCUT2D eigenvalue weighted by atomic mass is 35.5. The molecular formula is C16H16Cl2OS. The Balaban J connectivity index is 2.06. The zero-order valence-corrected chi connectivity index (χ0v) is 13.5. The van der Waals surface area contributed by atoms with Gasteiger partial charge in [-0.15, -0.1) is 11.8 Å². The van der Waals surface area contributed by atoms with E-state index in [-0.39, 0.29) is 0 Å². The third kappa shape index (κ3) is 4.16. The van der Waals surface area contributed by atoms with E-state index in [1.165, 1.54) is 4.90 Å². The summed E-state index contributed by atoms with van der Waals surface area (Å²) in [7, 11) is 0. The molecule has 1 N–H and O–H groups in total. The Bertz CT molecular complexity index is 569. The van der Waals surface area contributed by atoms with Crippen LogP contribution in [0.3, 0.4) is 0 Å². The minimum absolute atomic E-state index is 0.520. The molecule has 1 unspecified atom stereocenters. The van der Waals surface area contributed by atoms with Gasteiger partial charge in [0.1, 0.15) is 0 Å². The summed E-state index contributed by atoms with van der Waals surface area (Å²) in [4.78, 5) is 1.22. The van der Waals surface area contributed by atoms with Gasteiger partial charge in [0.15, 0.2) is 0 Å². The molecule has 0 fully saturated rings. The van der Waals surface area contributed by atoms with Crippen molar-refractivity contribution in [2.24, 2.45) is 0 Å². The van der Waals surface area contributed by atoms with E-state index in [9.17, 15) is 5.11 Å². The van der Waals surface area contributed by atoms with Gasteiger partial charge < -0.3 is 5.11 Å². The second kappa shape index (κ2) is 7.37. The lowest BCUT2D eigenvalue weighted by Gasteiger charge is -2.12. The van der Waals surface area contributed by atoms with Crippen LogP contribution in [-0.4, -0.2) is 10.9 Å². The molecule has 0 aromatic heterocycles. The molecule has 4 heteroatoms. The molecule has 0 aliphatic carbocycles. The number of rotatable bonds is 5. The smallest absolute Gasteiger partial charge is 0.0830 e. The van der Waals surface area contributed by atoms with E-state index in [0.29, 0.717) is 16.5 Å². The molecule has 1 nitrogen and oxygen atoms in total. The summed E-state index contributed by atoms with van der Waals surface area (Å²) >= 11 is 13.7. The van der Waals surface area contributed by atoms with Gasteiger partial charge in [-0.25, -0.2) is 0 Å². The van der Waals surface area contributed by atoms with Gasteiger partial charge in [0.25, 0.3) is 0 Å². The summed E-state index contributed by atoms with van der Waals surface area (Å²) in [6.45, 7) is 2.12. The molecule has 0 aliphatic heterocycles. The van der Waals surface area contributed by atoms with E-state index in [0.717, 1.165) is 16.9 Å². The lowest BCUT2D eigenvalue weighted by molar-refractivity contribution is 0.178. The molecule has 2 aromatic rings. The summed E-state index contributed by atoms with van der Waals surface area (Å²) in [5.41, 5.74) is 1.88. The van der Waals surface area contributed by atoms with Gasteiger partial charge in [-0.2, -0.15) is 0 Å². The Morgan fingerprint density at radius 2 is 1.75 bits per heavy atom. The highest BCUT2D eigenvalue weighted by Gasteiger charge is 2.10. The van der Waals surface area contributed by atoms with Crippen molar-refractivity contribution in [3.63, 3.8) is 0 Å². The Morgan fingerprint density at radius 1 is 1.05 bits per heavy atom. The molecule has 0 bridgehead atoms. The SMILES string of the molecule is CCSc1ccc(C(O)Cc2ccc(Cl)c(Cl)c2)cc1. The van der Waals surface area contributed by atoms with E-state index < -0.39 is 6.10 Å². The molecular weight excluding hydrogens is 311 g/mol. The zero-order chi connectivity index (χ0) is 14.5. The van der Waals surface area contributed by atoms with Crippen LogP contribution in [0.4, 0.5) is 0 Å². The van der Waals surface area contributed by atoms with Gasteiger partial charge in [-0.1, -0.05) is 48.3 Å². The van der Waals surface area contributed by atoms with Crippen LogP contribution in [0.15, 0.2) is 47.4 Å². The maximum Gasteiger partial charge on any atom is 0.0830 e. The molecule has 0 saturated carbocycles. The van der Waals surface area contributed by atoms with E-state index in [4.69, 9.17) is 23.2 Å². The van der Waals surface area contributed by atoms with Crippen molar-refractivity contribution in [1.29, 1.82) is 0 Å². The highest BCUT2D eigenvalue weighted by Crippen LogP contribution is 2.26. The standard InChI is InChI=1S/C16H16Cl2OS/c1-2-20-13-6-4-12(5-7-13)16(19)10-11-3-8-14(17)15(18)9-11/h3-9,16,19H,2,10H2,1H3. The normalized spacial score (nSPS) is 12.4. The maximum absolute atomic E-state index is 10.3. The predicted octanol–water partition coefficient (Wildman–Crippen LogP) is 5.38. The van der Waals surface area contributed by atoms with E-state index in [1.54, 1.807) is 23.9 Å². The lowest BCUT2D eigenvalue weighted by Crippen LogP contribution is -2.01. The topological polar surface area (TPSA) is 20.2 Å². The average Bonchev–Trinajstić information content (AvgIpc) is 2.44. The molecule has 0 heterocycles. The van der Waals surface area contributed by atoms with Crippen LogP contribution in [0.1, 0.15) is 24.2 Å². The van der Waals surface area contributed by atoms with Crippen LogP contribution >= 0.6 is 35.0 Å². The van der Waals surface area contributed by atoms with Crippen molar-refractivity contribution in [3.05, 3.63) is 63.6 Å². The third-order valence-corrected chi connectivity index (χ3v) is 4.62. The first-order valence-corrected chi connectivity index (χ1v) is 8.19. The predicted molar refractivity (Wildman–Crippen MR) is 88.0 cm³/mol. The van der Waals surface area contributed by atoms with E-state index >= 15 is 0 Å². The quantitative estimate of drug-likeness (QED) is 0.744. The van der Waals surface area contributed by atoms with Crippen LogP contribution in [0.25, 0.3) is 0 Å². The first-order valence-electron chi connectivity index (χ1n) is 6.45.